The normalized spacial score (nSPS) is 16.6. The highest BCUT2D eigenvalue weighted by Crippen LogP contribution is 2.25. The molecule has 0 aliphatic carbocycles. The van der Waals surface area contributed by atoms with Crippen LogP contribution in [0.5, 0.6) is 0 Å². The molecule has 0 radical (unpaired) electrons. The van der Waals surface area contributed by atoms with E-state index in [0.717, 1.165) is 47.9 Å². The van der Waals surface area contributed by atoms with Crippen molar-refractivity contribution in [1.29, 1.82) is 0 Å². The van der Waals surface area contributed by atoms with E-state index in [1.807, 2.05) is 18.2 Å². The molecule has 7 heteroatoms. The molecule has 0 unspecified atom stereocenters. The van der Waals surface area contributed by atoms with Crippen LogP contribution in [0.3, 0.4) is 0 Å². The standard InChI is InChI=1S/C14H17ClN4OS/c15-10-1-2-12-11(9-10)18-13(21-12)3-4-17-14(16)19-5-7-20-8-6-19/h1-2,9H,3-8H2,(H2,16,17). The molecular weight excluding hydrogens is 308 g/mol. The number of fused-ring (bicyclic) bond motifs is 1. The molecule has 0 bridgehead atoms. The van der Waals surface area contributed by atoms with E-state index < -0.39 is 0 Å². The molecule has 1 aromatic heterocycles. The second kappa shape index (κ2) is 6.60. The summed E-state index contributed by atoms with van der Waals surface area (Å²) in [6.07, 6.45) is 0.794. The Morgan fingerprint density at radius 3 is 3.05 bits per heavy atom. The number of nitrogens with two attached hydrogens (primary N) is 1. The van der Waals surface area contributed by atoms with Crippen LogP contribution < -0.4 is 5.73 Å². The van der Waals surface area contributed by atoms with Crippen molar-refractivity contribution in [2.45, 2.75) is 6.42 Å². The second-order valence-corrected chi connectivity index (χ2v) is 6.36. The lowest BCUT2D eigenvalue weighted by molar-refractivity contribution is 0.0674. The zero-order valence-corrected chi connectivity index (χ0v) is 13.2. The van der Waals surface area contributed by atoms with Gasteiger partial charge in [0.05, 0.1) is 28.4 Å². The third kappa shape index (κ3) is 3.64. The highest BCUT2D eigenvalue weighted by atomic mass is 35.5. The third-order valence-electron chi connectivity index (χ3n) is 3.33. The fourth-order valence-corrected chi connectivity index (χ4v) is 3.32. The number of hydrogen-bond acceptors (Lipinski definition) is 4. The molecule has 2 heterocycles. The van der Waals surface area contributed by atoms with Crippen LogP contribution in [-0.4, -0.2) is 48.7 Å². The maximum atomic E-state index is 5.99. The highest BCUT2D eigenvalue weighted by molar-refractivity contribution is 7.18. The summed E-state index contributed by atoms with van der Waals surface area (Å²) in [7, 11) is 0. The Bertz CT molecular complexity index is 651. The van der Waals surface area contributed by atoms with Crippen molar-refractivity contribution < 1.29 is 4.74 Å². The Morgan fingerprint density at radius 1 is 1.43 bits per heavy atom. The fourth-order valence-electron chi connectivity index (χ4n) is 2.21. The summed E-state index contributed by atoms with van der Waals surface area (Å²) < 4.78 is 6.45. The van der Waals surface area contributed by atoms with Gasteiger partial charge in [-0.3, -0.25) is 4.99 Å². The van der Waals surface area contributed by atoms with Crippen molar-refractivity contribution in [2.75, 3.05) is 32.8 Å². The molecule has 1 fully saturated rings. The molecule has 2 N–H and O–H groups in total. The maximum Gasteiger partial charge on any atom is 0.191 e. The Hall–Kier alpha value is -1.37. The number of aliphatic imine (C=N–C) groups is 1. The lowest BCUT2D eigenvalue weighted by Gasteiger charge is -2.27. The maximum absolute atomic E-state index is 5.99. The molecule has 112 valence electrons. The van der Waals surface area contributed by atoms with Gasteiger partial charge in [-0.25, -0.2) is 4.98 Å². The van der Waals surface area contributed by atoms with Crippen LogP contribution in [0, 0.1) is 0 Å². The smallest absolute Gasteiger partial charge is 0.191 e. The Kier molecular flexibility index (Phi) is 4.57. The van der Waals surface area contributed by atoms with Gasteiger partial charge in [0.15, 0.2) is 5.96 Å². The molecule has 1 aliphatic heterocycles. The highest BCUT2D eigenvalue weighted by Gasteiger charge is 2.12. The van der Waals surface area contributed by atoms with E-state index in [9.17, 15) is 0 Å². The number of aromatic nitrogens is 1. The summed E-state index contributed by atoms with van der Waals surface area (Å²) in [5.41, 5.74) is 6.94. The van der Waals surface area contributed by atoms with Crippen LogP contribution in [0.25, 0.3) is 10.2 Å². The van der Waals surface area contributed by atoms with Gasteiger partial charge in [-0.1, -0.05) is 11.6 Å². The van der Waals surface area contributed by atoms with E-state index in [2.05, 4.69) is 14.9 Å². The van der Waals surface area contributed by atoms with Crippen molar-refractivity contribution >= 4 is 39.1 Å². The van der Waals surface area contributed by atoms with E-state index in [-0.39, 0.29) is 0 Å². The molecule has 21 heavy (non-hydrogen) atoms. The Morgan fingerprint density at radius 2 is 2.24 bits per heavy atom. The molecule has 0 spiro atoms. The predicted molar refractivity (Wildman–Crippen MR) is 87.2 cm³/mol. The molecule has 3 rings (SSSR count). The average Bonchev–Trinajstić information content (AvgIpc) is 2.89. The topological polar surface area (TPSA) is 63.7 Å². The summed E-state index contributed by atoms with van der Waals surface area (Å²) in [4.78, 5) is 11.1. The van der Waals surface area contributed by atoms with Crippen LogP contribution in [0.2, 0.25) is 5.02 Å². The van der Waals surface area contributed by atoms with Crippen molar-refractivity contribution in [3.8, 4) is 0 Å². The fraction of sp³-hybridized carbons (Fsp3) is 0.429. The summed E-state index contributed by atoms with van der Waals surface area (Å²) in [6.45, 7) is 3.71. The third-order valence-corrected chi connectivity index (χ3v) is 4.66. The quantitative estimate of drug-likeness (QED) is 0.694. The summed E-state index contributed by atoms with van der Waals surface area (Å²) in [6, 6.07) is 5.78. The van der Waals surface area contributed by atoms with E-state index in [1.165, 1.54) is 0 Å². The van der Waals surface area contributed by atoms with Gasteiger partial charge in [0.25, 0.3) is 0 Å². The zero-order chi connectivity index (χ0) is 14.7. The van der Waals surface area contributed by atoms with Gasteiger partial charge in [-0.2, -0.15) is 0 Å². The van der Waals surface area contributed by atoms with Gasteiger partial charge in [-0.05, 0) is 18.2 Å². The van der Waals surface area contributed by atoms with Crippen LogP contribution in [0.4, 0.5) is 0 Å². The predicted octanol–water partition coefficient (Wildman–Crippen LogP) is 2.14. The number of guanidine groups is 1. The minimum absolute atomic E-state index is 0.599. The number of rotatable bonds is 3. The average molecular weight is 325 g/mol. The minimum Gasteiger partial charge on any atom is -0.378 e. The SMILES string of the molecule is NC(=NCCc1nc2cc(Cl)ccc2s1)N1CCOCC1. The largest absolute Gasteiger partial charge is 0.378 e. The van der Waals surface area contributed by atoms with Crippen molar-refractivity contribution in [2.24, 2.45) is 10.7 Å². The number of hydrogen-bond donors (Lipinski definition) is 1. The Balaban J connectivity index is 1.60. The van der Waals surface area contributed by atoms with Crippen LogP contribution in [-0.2, 0) is 11.2 Å². The van der Waals surface area contributed by atoms with Gasteiger partial charge < -0.3 is 15.4 Å². The number of halogens is 1. The van der Waals surface area contributed by atoms with Crippen LogP contribution in [0.1, 0.15) is 5.01 Å². The van der Waals surface area contributed by atoms with Crippen molar-refractivity contribution in [3.63, 3.8) is 0 Å². The van der Waals surface area contributed by atoms with E-state index in [1.54, 1.807) is 11.3 Å². The van der Waals surface area contributed by atoms with Crippen LogP contribution in [0.15, 0.2) is 23.2 Å². The number of thiazole rings is 1. The first kappa shape index (κ1) is 14.6. The van der Waals surface area contributed by atoms with Gasteiger partial charge in [0, 0.05) is 31.1 Å². The van der Waals surface area contributed by atoms with Crippen LogP contribution >= 0.6 is 22.9 Å². The lowest BCUT2D eigenvalue weighted by atomic mass is 10.3. The first-order valence-corrected chi connectivity index (χ1v) is 8.09. The molecule has 1 saturated heterocycles. The van der Waals surface area contributed by atoms with Gasteiger partial charge in [0.2, 0.25) is 0 Å². The molecule has 1 aliphatic rings. The second-order valence-electron chi connectivity index (χ2n) is 4.81. The van der Waals surface area contributed by atoms with E-state index in [0.29, 0.717) is 17.5 Å². The number of benzene rings is 1. The number of nitrogens with zero attached hydrogens (tertiary/aromatic N) is 3. The molecule has 0 amide bonds. The van der Waals surface area contributed by atoms with Crippen molar-refractivity contribution in [1.82, 2.24) is 9.88 Å². The minimum atomic E-state index is 0.599. The molecule has 0 saturated carbocycles. The number of ether oxygens (including phenoxy) is 1. The molecular formula is C14H17ClN4OS. The van der Waals surface area contributed by atoms with Gasteiger partial charge in [0.1, 0.15) is 0 Å². The first-order chi connectivity index (χ1) is 10.2. The molecule has 5 nitrogen and oxygen atoms in total. The zero-order valence-electron chi connectivity index (χ0n) is 11.6. The van der Waals surface area contributed by atoms with E-state index in [4.69, 9.17) is 22.1 Å². The molecule has 0 atom stereocenters. The van der Waals surface area contributed by atoms with Crippen molar-refractivity contribution in [3.05, 3.63) is 28.2 Å². The summed E-state index contributed by atoms with van der Waals surface area (Å²) in [5.74, 6) is 0.599. The first-order valence-electron chi connectivity index (χ1n) is 6.90. The summed E-state index contributed by atoms with van der Waals surface area (Å²) in [5, 5.41) is 1.78. The molecule has 1 aromatic carbocycles. The lowest BCUT2D eigenvalue weighted by Crippen LogP contribution is -2.44. The van der Waals surface area contributed by atoms with Gasteiger partial charge >= 0.3 is 0 Å². The number of morpholine rings is 1. The Labute approximate surface area is 132 Å². The molecule has 2 aromatic rings. The van der Waals surface area contributed by atoms with Gasteiger partial charge in [-0.15, -0.1) is 11.3 Å². The van der Waals surface area contributed by atoms with E-state index >= 15 is 0 Å². The monoisotopic (exact) mass is 324 g/mol. The summed E-state index contributed by atoms with van der Waals surface area (Å²) >= 11 is 7.65.